The van der Waals surface area contributed by atoms with Gasteiger partial charge in [0.2, 0.25) is 4.96 Å². The summed E-state index contributed by atoms with van der Waals surface area (Å²) in [6, 6.07) is 18.8. The quantitative estimate of drug-likeness (QED) is 0.572. The van der Waals surface area contributed by atoms with Gasteiger partial charge in [-0.05, 0) is 25.0 Å². The number of aryl methyl sites for hydroxylation is 3. The number of nitrogens with zero attached hydrogens (tertiary/aromatic N) is 4. The Morgan fingerprint density at radius 3 is 2.65 bits per heavy atom. The molecule has 0 aliphatic carbocycles. The molecule has 2 heterocycles. The second kappa shape index (κ2) is 5.93. The van der Waals surface area contributed by atoms with Gasteiger partial charge in [-0.3, -0.25) is 0 Å². The minimum atomic E-state index is 0.811. The summed E-state index contributed by atoms with van der Waals surface area (Å²) in [6.07, 6.45) is 1.91. The molecule has 5 heteroatoms. The number of rotatable bonds is 4. The van der Waals surface area contributed by atoms with Gasteiger partial charge in [-0.1, -0.05) is 65.4 Å². The molecule has 23 heavy (non-hydrogen) atoms. The molecule has 0 spiro atoms. The van der Waals surface area contributed by atoms with E-state index in [2.05, 4.69) is 53.5 Å². The molecule has 114 valence electrons. The monoisotopic (exact) mass is 320 g/mol. The van der Waals surface area contributed by atoms with Gasteiger partial charge in [0.25, 0.3) is 0 Å². The van der Waals surface area contributed by atoms with Crippen LogP contribution in [0.25, 0.3) is 16.3 Å². The lowest BCUT2D eigenvalue weighted by Crippen LogP contribution is -1.95. The summed E-state index contributed by atoms with van der Waals surface area (Å²) in [5, 5.41) is 14.4. The van der Waals surface area contributed by atoms with Crippen molar-refractivity contribution in [3.05, 3.63) is 70.7 Å². The molecule has 4 nitrogen and oxygen atoms in total. The van der Waals surface area contributed by atoms with Crippen molar-refractivity contribution in [3.8, 4) is 11.4 Å². The maximum Gasteiger partial charge on any atom is 0.234 e. The Kier molecular flexibility index (Phi) is 3.63. The summed E-state index contributed by atoms with van der Waals surface area (Å²) < 4.78 is 1.86. The van der Waals surface area contributed by atoms with Gasteiger partial charge in [0, 0.05) is 12.0 Å². The van der Waals surface area contributed by atoms with Crippen molar-refractivity contribution in [2.45, 2.75) is 19.8 Å². The van der Waals surface area contributed by atoms with Crippen molar-refractivity contribution in [1.29, 1.82) is 0 Å². The number of hydrogen-bond donors (Lipinski definition) is 0. The number of fused-ring (bicyclic) bond motifs is 1. The summed E-state index contributed by atoms with van der Waals surface area (Å²) in [6.45, 7) is 2.08. The average molecular weight is 320 g/mol. The number of aromatic nitrogens is 4. The van der Waals surface area contributed by atoms with Crippen molar-refractivity contribution >= 4 is 16.3 Å². The molecule has 0 amide bonds. The van der Waals surface area contributed by atoms with Crippen molar-refractivity contribution in [1.82, 2.24) is 19.8 Å². The fourth-order valence-electron chi connectivity index (χ4n) is 2.62. The Morgan fingerprint density at radius 1 is 0.957 bits per heavy atom. The number of benzene rings is 2. The normalized spacial score (nSPS) is 11.2. The summed E-state index contributed by atoms with van der Waals surface area (Å²) in [4.78, 5) is 0.851. The van der Waals surface area contributed by atoms with Crippen LogP contribution in [-0.2, 0) is 12.8 Å². The number of hydrogen-bond acceptors (Lipinski definition) is 4. The third-order valence-electron chi connectivity index (χ3n) is 3.78. The molecule has 0 aliphatic rings. The highest BCUT2D eigenvalue weighted by Gasteiger charge is 2.13. The topological polar surface area (TPSA) is 43.1 Å². The zero-order valence-corrected chi connectivity index (χ0v) is 13.6. The van der Waals surface area contributed by atoms with E-state index in [9.17, 15) is 0 Å². The van der Waals surface area contributed by atoms with Crippen LogP contribution in [-0.4, -0.2) is 19.8 Å². The third kappa shape index (κ3) is 2.87. The van der Waals surface area contributed by atoms with Crippen molar-refractivity contribution < 1.29 is 0 Å². The lowest BCUT2D eigenvalue weighted by molar-refractivity contribution is 0.865. The van der Waals surface area contributed by atoms with Crippen LogP contribution in [0.3, 0.4) is 0 Å². The van der Waals surface area contributed by atoms with Gasteiger partial charge in [0.1, 0.15) is 5.01 Å². The summed E-state index contributed by atoms with van der Waals surface area (Å²) in [5.41, 5.74) is 3.59. The van der Waals surface area contributed by atoms with E-state index in [4.69, 9.17) is 5.10 Å². The molecule has 0 saturated heterocycles. The molecule has 0 fully saturated rings. The minimum Gasteiger partial charge on any atom is -0.183 e. The molecule has 4 aromatic rings. The third-order valence-corrected chi connectivity index (χ3v) is 4.74. The standard InChI is InChI=1S/C18H16N4S/c1-13-6-5-9-15(12-13)17-19-20-18-22(17)21-16(23-18)11-10-14-7-3-2-4-8-14/h2-9,12H,10-11H2,1H3. The highest BCUT2D eigenvalue weighted by molar-refractivity contribution is 7.16. The first kappa shape index (κ1) is 14.1. The van der Waals surface area contributed by atoms with Crippen LogP contribution in [0.4, 0.5) is 0 Å². The van der Waals surface area contributed by atoms with E-state index in [1.807, 2.05) is 22.7 Å². The second-order valence-corrected chi connectivity index (χ2v) is 6.61. The van der Waals surface area contributed by atoms with Crippen molar-refractivity contribution in [3.63, 3.8) is 0 Å². The Morgan fingerprint density at radius 2 is 1.83 bits per heavy atom. The molecule has 0 unspecified atom stereocenters. The van der Waals surface area contributed by atoms with E-state index in [0.717, 1.165) is 34.2 Å². The molecular formula is C18H16N4S. The molecule has 0 radical (unpaired) electrons. The van der Waals surface area contributed by atoms with E-state index in [1.54, 1.807) is 11.3 Å². The molecule has 0 atom stereocenters. The van der Waals surface area contributed by atoms with Gasteiger partial charge in [-0.25, -0.2) is 0 Å². The van der Waals surface area contributed by atoms with E-state index < -0.39 is 0 Å². The molecule has 4 rings (SSSR count). The Bertz CT molecular complexity index is 940. The molecule has 2 aromatic heterocycles. The van der Waals surface area contributed by atoms with E-state index in [-0.39, 0.29) is 0 Å². The lowest BCUT2D eigenvalue weighted by Gasteiger charge is -1.99. The molecular weight excluding hydrogens is 304 g/mol. The zero-order valence-electron chi connectivity index (χ0n) is 12.8. The predicted molar refractivity (Wildman–Crippen MR) is 92.7 cm³/mol. The van der Waals surface area contributed by atoms with Crippen LogP contribution >= 0.6 is 11.3 Å². The van der Waals surface area contributed by atoms with Crippen LogP contribution in [0.5, 0.6) is 0 Å². The van der Waals surface area contributed by atoms with E-state index in [0.29, 0.717) is 0 Å². The van der Waals surface area contributed by atoms with E-state index in [1.165, 1.54) is 11.1 Å². The fourth-order valence-corrected chi connectivity index (χ4v) is 3.45. The maximum absolute atomic E-state index is 4.70. The summed E-state index contributed by atoms with van der Waals surface area (Å²) in [5.74, 6) is 0.811. The molecule has 0 N–H and O–H groups in total. The smallest absolute Gasteiger partial charge is 0.183 e. The van der Waals surface area contributed by atoms with Gasteiger partial charge in [-0.15, -0.1) is 10.2 Å². The summed E-state index contributed by atoms with van der Waals surface area (Å²) >= 11 is 1.61. The lowest BCUT2D eigenvalue weighted by atomic mass is 10.1. The Balaban J connectivity index is 1.62. The first-order chi connectivity index (χ1) is 11.3. The van der Waals surface area contributed by atoms with Crippen LogP contribution in [0, 0.1) is 6.92 Å². The minimum absolute atomic E-state index is 0.811. The zero-order chi connectivity index (χ0) is 15.6. The van der Waals surface area contributed by atoms with Gasteiger partial charge in [0.15, 0.2) is 5.82 Å². The first-order valence-corrected chi connectivity index (χ1v) is 8.43. The Labute approximate surface area is 138 Å². The van der Waals surface area contributed by atoms with Crippen LogP contribution < -0.4 is 0 Å². The molecule has 0 saturated carbocycles. The van der Waals surface area contributed by atoms with Crippen LogP contribution in [0.15, 0.2) is 54.6 Å². The largest absolute Gasteiger partial charge is 0.234 e. The second-order valence-electron chi connectivity index (χ2n) is 5.57. The van der Waals surface area contributed by atoms with Gasteiger partial charge in [-0.2, -0.15) is 9.61 Å². The Hall–Kier alpha value is -2.53. The maximum atomic E-state index is 4.70. The fraction of sp³-hybridized carbons (Fsp3) is 0.167. The van der Waals surface area contributed by atoms with Gasteiger partial charge in [0.05, 0.1) is 0 Å². The van der Waals surface area contributed by atoms with Gasteiger partial charge >= 0.3 is 0 Å². The van der Waals surface area contributed by atoms with Gasteiger partial charge < -0.3 is 0 Å². The molecule has 0 bridgehead atoms. The first-order valence-electron chi connectivity index (χ1n) is 7.62. The average Bonchev–Trinajstić information content (AvgIpc) is 3.14. The molecule has 0 aliphatic heterocycles. The highest BCUT2D eigenvalue weighted by atomic mass is 32.1. The molecule has 2 aromatic carbocycles. The highest BCUT2D eigenvalue weighted by Crippen LogP contribution is 2.23. The van der Waals surface area contributed by atoms with Crippen LogP contribution in [0.2, 0.25) is 0 Å². The SMILES string of the molecule is Cc1cccc(-c2nnc3sc(CCc4ccccc4)nn23)c1. The van der Waals surface area contributed by atoms with Crippen molar-refractivity contribution in [2.24, 2.45) is 0 Å². The van der Waals surface area contributed by atoms with Crippen LogP contribution in [0.1, 0.15) is 16.1 Å². The summed E-state index contributed by atoms with van der Waals surface area (Å²) in [7, 11) is 0. The van der Waals surface area contributed by atoms with Crippen molar-refractivity contribution in [2.75, 3.05) is 0 Å². The predicted octanol–water partition coefficient (Wildman–Crippen LogP) is 3.95. The van der Waals surface area contributed by atoms with E-state index >= 15 is 0 Å².